The van der Waals surface area contributed by atoms with Gasteiger partial charge in [0.25, 0.3) is 5.91 Å². The fraction of sp³-hybridized carbons (Fsp3) is 0.417. The fourth-order valence-corrected chi connectivity index (χ4v) is 3.79. The summed E-state index contributed by atoms with van der Waals surface area (Å²) in [4.78, 5) is 25.7. The smallest absolute Gasteiger partial charge is 0.251 e. The highest BCUT2D eigenvalue weighted by Crippen LogP contribution is 2.17. The third-order valence-corrected chi connectivity index (χ3v) is 5.39. The minimum absolute atomic E-state index is 0.0845. The van der Waals surface area contributed by atoms with E-state index in [1.54, 1.807) is 12.1 Å². The van der Waals surface area contributed by atoms with Crippen LogP contribution in [-0.2, 0) is 11.2 Å². The Morgan fingerprint density at radius 1 is 0.821 bits per heavy atom. The molecule has 0 spiro atoms. The van der Waals surface area contributed by atoms with E-state index in [4.69, 9.17) is 0 Å². The van der Waals surface area contributed by atoms with Gasteiger partial charge in [0, 0.05) is 18.0 Å². The third kappa shape index (κ3) is 6.22. The van der Waals surface area contributed by atoms with Crippen molar-refractivity contribution >= 4 is 11.8 Å². The minimum Gasteiger partial charge on any atom is -0.352 e. The molecule has 0 bridgehead atoms. The monoisotopic (exact) mass is 378 g/mol. The van der Waals surface area contributed by atoms with Gasteiger partial charge in [-0.2, -0.15) is 0 Å². The van der Waals surface area contributed by atoms with Crippen molar-refractivity contribution in [3.05, 3.63) is 71.8 Å². The Bertz CT molecular complexity index is 738. The van der Waals surface area contributed by atoms with E-state index in [-0.39, 0.29) is 17.9 Å². The standard InChI is InChI=1S/C24H30N2O2/c27-23(20-14-8-5-9-15-20)26-22(18-19-12-6-4-7-13-19)24(28)25-21-16-10-2-1-3-11-17-21/h4-9,12-15,21-22H,1-3,10-11,16-18H2,(H,25,28)(H,26,27)/t22-/m1/s1. The zero-order chi connectivity index (χ0) is 19.6. The summed E-state index contributed by atoms with van der Waals surface area (Å²) < 4.78 is 0. The zero-order valence-electron chi connectivity index (χ0n) is 16.4. The Labute approximate surface area is 167 Å². The molecule has 4 nitrogen and oxygen atoms in total. The average molecular weight is 379 g/mol. The second kappa shape index (κ2) is 10.6. The Morgan fingerprint density at radius 2 is 1.39 bits per heavy atom. The lowest BCUT2D eigenvalue weighted by Crippen LogP contribution is -2.50. The van der Waals surface area contributed by atoms with Gasteiger partial charge in [0.15, 0.2) is 0 Å². The Hall–Kier alpha value is -2.62. The quantitative estimate of drug-likeness (QED) is 0.789. The third-order valence-electron chi connectivity index (χ3n) is 5.39. The molecule has 2 aromatic carbocycles. The van der Waals surface area contributed by atoms with E-state index in [9.17, 15) is 9.59 Å². The van der Waals surface area contributed by atoms with Crippen molar-refractivity contribution in [2.24, 2.45) is 0 Å². The molecule has 148 valence electrons. The largest absolute Gasteiger partial charge is 0.352 e. The highest BCUT2D eigenvalue weighted by Gasteiger charge is 2.24. The van der Waals surface area contributed by atoms with Crippen LogP contribution >= 0.6 is 0 Å². The molecule has 2 aromatic rings. The molecule has 1 aliphatic rings. The van der Waals surface area contributed by atoms with Crippen LogP contribution < -0.4 is 10.6 Å². The van der Waals surface area contributed by atoms with Crippen LogP contribution in [0.5, 0.6) is 0 Å². The van der Waals surface area contributed by atoms with Crippen LogP contribution in [0.1, 0.15) is 60.9 Å². The second-order valence-corrected chi connectivity index (χ2v) is 7.63. The Balaban J connectivity index is 1.69. The number of hydrogen-bond acceptors (Lipinski definition) is 2. The van der Waals surface area contributed by atoms with Crippen molar-refractivity contribution in [1.82, 2.24) is 10.6 Å². The zero-order valence-corrected chi connectivity index (χ0v) is 16.4. The molecule has 3 rings (SSSR count). The molecule has 1 fully saturated rings. The summed E-state index contributed by atoms with van der Waals surface area (Å²) in [7, 11) is 0. The van der Waals surface area contributed by atoms with Gasteiger partial charge in [-0.1, -0.05) is 80.6 Å². The van der Waals surface area contributed by atoms with Gasteiger partial charge in [-0.05, 0) is 30.5 Å². The molecule has 0 unspecified atom stereocenters. The Morgan fingerprint density at radius 3 is 2.04 bits per heavy atom. The lowest BCUT2D eigenvalue weighted by Gasteiger charge is -2.25. The summed E-state index contributed by atoms with van der Waals surface area (Å²) in [5.74, 6) is -0.298. The first-order chi connectivity index (χ1) is 13.7. The molecule has 0 aromatic heterocycles. The van der Waals surface area contributed by atoms with E-state index < -0.39 is 6.04 Å². The molecule has 0 heterocycles. The van der Waals surface area contributed by atoms with Gasteiger partial charge in [0.1, 0.15) is 6.04 Å². The summed E-state index contributed by atoms with van der Waals surface area (Å²) in [6.07, 6.45) is 8.62. The molecular weight excluding hydrogens is 348 g/mol. The summed E-state index contributed by atoms with van der Waals surface area (Å²) in [5.41, 5.74) is 1.60. The molecule has 4 heteroatoms. The van der Waals surface area contributed by atoms with Gasteiger partial charge >= 0.3 is 0 Å². The van der Waals surface area contributed by atoms with Crippen molar-refractivity contribution in [1.29, 1.82) is 0 Å². The molecule has 1 saturated carbocycles. The van der Waals surface area contributed by atoms with Crippen molar-refractivity contribution in [2.75, 3.05) is 0 Å². The number of benzene rings is 2. The van der Waals surface area contributed by atoms with E-state index in [0.29, 0.717) is 12.0 Å². The van der Waals surface area contributed by atoms with E-state index >= 15 is 0 Å². The van der Waals surface area contributed by atoms with E-state index in [0.717, 1.165) is 31.2 Å². The molecular formula is C24H30N2O2. The first kappa shape index (κ1) is 20.1. The molecule has 0 aliphatic heterocycles. The number of carbonyl (C=O) groups excluding carboxylic acids is 2. The highest BCUT2D eigenvalue weighted by atomic mass is 16.2. The molecule has 1 aliphatic carbocycles. The lowest BCUT2D eigenvalue weighted by atomic mass is 9.96. The van der Waals surface area contributed by atoms with Gasteiger partial charge in [-0.15, -0.1) is 0 Å². The maximum atomic E-state index is 13.1. The van der Waals surface area contributed by atoms with Gasteiger partial charge in [-0.3, -0.25) is 9.59 Å². The summed E-state index contributed by atoms with van der Waals surface area (Å²) in [5, 5.41) is 6.16. The number of nitrogens with one attached hydrogen (secondary N) is 2. The van der Waals surface area contributed by atoms with Crippen LogP contribution in [-0.4, -0.2) is 23.9 Å². The van der Waals surface area contributed by atoms with Gasteiger partial charge < -0.3 is 10.6 Å². The number of amides is 2. The van der Waals surface area contributed by atoms with Crippen LogP contribution in [0.4, 0.5) is 0 Å². The second-order valence-electron chi connectivity index (χ2n) is 7.63. The first-order valence-corrected chi connectivity index (χ1v) is 10.4. The van der Waals surface area contributed by atoms with Gasteiger partial charge in [0.05, 0.1) is 0 Å². The maximum Gasteiger partial charge on any atom is 0.251 e. The van der Waals surface area contributed by atoms with Crippen LogP contribution in [0.2, 0.25) is 0 Å². The van der Waals surface area contributed by atoms with Crippen molar-refractivity contribution in [3.63, 3.8) is 0 Å². The van der Waals surface area contributed by atoms with Crippen molar-refractivity contribution in [2.45, 2.75) is 63.5 Å². The normalized spacial score (nSPS) is 16.4. The lowest BCUT2D eigenvalue weighted by molar-refractivity contribution is -0.123. The van der Waals surface area contributed by atoms with Crippen molar-refractivity contribution < 1.29 is 9.59 Å². The SMILES string of the molecule is O=C(N[C@H](Cc1ccccc1)C(=O)NC1CCCCCCC1)c1ccccc1. The predicted octanol–water partition coefficient (Wildman–Crippen LogP) is 4.26. The van der Waals surface area contributed by atoms with E-state index in [2.05, 4.69) is 10.6 Å². The molecule has 0 saturated heterocycles. The van der Waals surface area contributed by atoms with Crippen LogP contribution in [0.15, 0.2) is 60.7 Å². The minimum atomic E-state index is -0.583. The maximum absolute atomic E-state index is 13.1. The Kier molecular flexibility index (Phi) is 7.65. The summed E-state index contributed by atoms with van der Waals surface area (Å²) in [6.45, 7) is 0. The fourth-order valence-electron chi connectivity index (χ4n) is 3.79. The van der Waals surface area contributed by atoms with Crippen molar-refractivity contribution in [3.8, 4) is 0 Å². The van der Waals surface area contributed by atoms with Crippen LogP contribution in [0, 0.1) is 0 Å². The molecule has 2 amide bonds. The first-order valence-electron chi connectivity index (χ1n) is 10.4. The molecule has 2 N–H and O–H groups in total. The molecule has 1 atom stereocenters. The summed E-state index contributed by atoms with van der Waals surface area (Å²) >= 11 is 0. The number of carbonyl (C=O) groups is 2. The van der Waals surface area contributed by atoms with Gasteiger partial charge in [0.2, 0.25) is 5.91 Å². The molecule has 28 heavy (non-hydrogen) atoms. The molecule has 0 radical (unpaired) electrons. The average Bonchev–Trinajstić information content (AvgIpc) is 2.70. The number of rotatable bonds is 6. The van der Waals surface area contributed by atoms with Gasteiger partial charge in [-0.25, -0.2) is 0 Å². The number of hydrogen-bond donors (Lipinski definition) is 2. The van der Waals surface area contributed by atoms with E-state index in [1.807, 2.05) is 48.5 Å². The highest BCUT2D eigenvalue weighted by molar-refractivity contribution is 5.97. The summed E-state index contributed by atoms with van der Waals surface area (Å²) in [6, 6.07) is 18.5. The van der Waals surface area contributed by atoms with Crippen LogP contribution in [0.3, 0.4) is 0 Å². The predicted molar refractivity (Wildman–Crippen MR) is 112 cm³/mol. The van der Waals surface area contributed by atoms with Crippen LogP contribution in [0.25, 0.3) is 0 Å². The van der Waals surface area contributed by atoms with E-state index in [1.165, 1.54) is 19.3 Å². The topological polar surface area (TPSA) is 58.2 Å².